The molecule has 0 bridgehead atoms. The number of methoxy groups -OCH3 is 1. The second kappa shape index (κ2) is 6.39. The van der Waals surface area contributed by atoms with Crippen molar-refractivity contribution >= 4 is 11.8 Å². The molecule has 0 amide bonds. The van der Waals surface area contributed by atoms with Crippen LogP contribution < -0.4 is 5.73 Å². The first-order chi connectivity index (χ1) is 4.27. The molecule has 0 aromatic rings. The molecule has 0 unspecified atom stereocenters. The van der Waals surface area contributed by atoms with Gasteiger partial charge >= 0.3 is 0 Å². The number of rotatable bonds is 5. The summed E-state index contributed by atoms with van der Waals surface area (Å²) in [5.74, 6) is 2.08. The molecule has 56 valence electrons. The summed E-state index contributed by atoms with van der Waals surface area (Å²) in [6, 6.07) is 0.312. The SMILES string of the molecule is COCCSC[C@H](C)N. The molecule has 0 heterocycles. The maximum atomic E-state index is 5.51. The van der Waals surface area contributed by atoms with Gasteiger partial charge in [-0.25, -0.2) is 0 Å². The van der Waals surface area contributed by atoms with E-state index >= 15 is 0 Å². The minimum absolute atomic E-state index is 0.312. The fourth-order valence-electron chi connectivity index (χ4n) is 0.411. The van der Waals surface area contributed by atoms with E-state index in [0.717, 1.165) is 18.1 Å². The molecule has 0 radical (unpaired) electrons. The summed E-state index contributed by atoms with van der Waals surface area (Å²) >= 11 is 1.84. The van der Waals surface area contributed by atoms with Gasteiger partial charge in [0, 0.05) is 24.7 Å². The van der Waals surface area contributed by atoms with Gasteiger partial charge in [-0.05, 0) is 6.92 Å². The molecule has 9 heavy (non-hydrogen) atoms. The average molecular weight is 149 g/mol. The molecule has 3 heteroatoms. The molecule has 0 aliphatic carbocycles. The van der Waals surface area contributed by atoms with Crippen molar-refractivity contribution in [2.24, 2.45) is 5.73 Å². The fraction of sp³-hybridized carbons (Fsp3) is 1.00. The van der Waals surface area contributed by atoms with Crippen LogP contribution in [0.2, 0.25) is 0 Å². The molecule has 0 fully saturated rings. The molecular weight excluding hydrogens is 134 g/mol. The predicted molar refractivity (Wildman–Crippen MR) is 42.9 cm³/mol. The molecule has 2 N–H and O–H groups in total. The molecule has 0 aromatic heterocycles. The van der Waals surface area contributed by atoms with Crippen molar-refractivity contribution in [2.75, 3.05) is 25.2 Å². The number of hydrogen-bond donors (Lipinski definition) is 1. The van der Waals surface area contributed by atoms with Gasteiger partial charge in [0.2, 0.25) is 0 Å². The molecule has 0 aliphatic heterocycles. The molecule has 2 nitrogen and oxygen atoms in total. The summed E-state index contributed by atoms with van der Waals surface area (Å²) in [6.45, 7) is 2.84. The van der Waals surface area contributed by atoms with E-state index in [-0.39, 0.29) is 0 Å². The Labute approximate surface area is 61.1 Å². The van der Waals surface area contributed by atoms with E-state index in [1.54, 1.807) is 7.11 Å². The van der Waals surface area contributed by atoms with Crippen molar-refractivity contribution in [3.8, 4) is 0 Å². The maximum Gasteiger partial charge on any atom is 0.0552 e. The second-order valence-electron chi connectivity index (χ2n) is 2.04. The largest absolute Gasteiger partial charge is 0.384 e. The van der Waals surface area contributed by atoms with E-state index in [1.807, 2.05) is 18.7 Å². The Bertz CT molecular complexity index is 59.0. The summed E-state index contributed by atoms with van der Waals surface area (Å²) in [4.78, 5) is 0. The molecular formula is C6H15NOS. The maximum absolute atomic E-state index is 5.51. The Morgan fingerprint density at radius 3 is 2.78 bits per heavy atom. The molecule has 0 rings (SSSR count). The lowest BCUT2D eigenvalue weighted by Gasteiger charge is -2.02. The number of hydrogen-bond acceptors (Lipinski definition) is 3. The lowest BCUT2D eigenvalue weighted by atomic mass is 10.4. The molecule has 0 aliphatic rings. The summed E-state index contributed by atoms with van der Waals surface area (Å²) < 4.78 is 4.86. The van der Waals surface area contributed by atoms with Gasteiger partial charge in [0.05, 0.1) is 6.61 Å². The Morgan fingerprint density at radius 2 is 2.33 bits per heavy atom. The van der Waals surface area contributed by atoms with E-state index in [1.165, 1.54) is 0 Å². The van der Waals surface area contributed by atoms with E-state index in [4.69, 9.17) is 10.5 Å². The van der Waals surface area contributed by atoms with Crippen LogP contribution in [0.15, 0.2) is 0 Å². The lowest BCUT2D eigenvalue weighted by molar-refractivity contribution is 0.218. The van der Waals surface area contributed by atoms with Crippen molar-refractivity contribution in [1.82, 2.24) is 0 Å². The predicted octanol–water partition coefficient (Wildman–Crippen LogP) is 0.713. The van der Waals surface area contributed by atoms with Crippen molar-refractivity contribution < 1.29 is 4.74 Å². The Kier molecular flexibility index (Phi) is 6.58. The van der Waals surface area contributed by atoms with Crippen LogP contribution in [0.4, 0.5) is 0 Å². The molecule has 0 saturated carbocycles. The van der Waals surface area contributed by atoms with Gasteiger partial charge in [-0.3, -0.25) is 0 Å². The average Bonchev–Trinajstić information content (AvgIpc) is 1.80. The highest BCUT2D eigenvalue weighted by Crippen LogP contribution is 1.99. The van der Waals surface area contributed by atoms with Gasteiger partial charge in [-0.1, -0.05) is 0 Å². The summed E-state index contributed by atoms with van der Waals surface area (Å²) in [7, 11) is 1.71. The first kappa shape index (κ1) is 9.27. The van der Waals surface area contributed by atoms with E-state index < -0.39 is 0 Å². The lowest BCUT2D eigenvalue weighted by Crippen LogP contribution is -2.18. The third kappa shape index (κ3) is 8.27. The zero-order valence-electron chi connectivity index (χ0n) is 6.09. The van der Waals surface area contributed by atoms with E-state index in [2.05, 4.69) is 0 Å². The third-order valence-corrected chi connectivity index (χ3v) is 2.03. The van der Waals surface area contributed by atoms with E-state index in [0.29, 0.717) is 6.04 Å². The molecule has 0 saturated heterocycles. The Hall–Kier alpha value is 0.270. The number of thioether (sulfide) groups is 1. The van der Waals surface area contributed by atoms with Crippen LogP contribution in [0.25, 0.3) is 0 Å². The quantitative estimate of drug-likeness (QED) is 0.585. The second-order valence-corrected chi connectivity index (χ2v) is 3.19. The summed E-state index contributed by atoms with van der Waals surface area (Å²) in [5, 5.41) is 0. The monoisotopic (exact) mass is 149 g/mol. The van der Waals surface area contributed by atoms with E-state index in [9.17, 15) is 0 Å². The van der Waals surface area contributed by atoms with Crippen molar-refractivity contribution in [3.05, 3.63) is 0 Å². The van der Waals surface area contributed by atoms with Crippen LogP contribution in [0, 0.1) is 0 Å². The zero-order valence-corrected chi connectivity index (χ0v) is 6.91. The van der Waals surface area contributed by atoms with Crippen molar-refractivity contribution in [1.29, 1.82) is 0 Å². The van der Waals surface area contributed by atoms with Gasteiger partial charge in [0.15, 0.2) is 0 Å². The summed E-state index contributed by atoms with van der Waals surface area (Å²) in [5.41, 5.74) is 5.51. The Balaban J connectivity index is 2.75. The van der Waals surface area contributed by atoms with Crippen LogP contribution in [0.3, 0.4) is 0 Å². The zero-order chi connectivity index (χ0) is 7.11. The Morgan fingerprint density at radius 1 is 1.67 bits per heavy atom. The highest BCUT2D eigenvalue weighted by Gasteiger charge is 1.92. The van der Waals surface area contributed by atoms with Crippen LogP contribution in [0.5, 0.6) is 0 Å². The minimum atomic E-state index is 0.312. The van der Waals surface area contributed by atoms with Crippen molar-refractivity contribution in [3.63, 3.8) is 0 Å². The smallest absolute Gasteiger partial charge is 0.0552 e. The summed E-state index contributed by atoms with van der Waals surface area (Å²) in [6.07, 6.45) is 0. The third-order valence-electron chi connectivity index (χ3n) is 0.813. The molecule has 0 spiro atoms. The van der Waals surface area contributed by atoms with Crippen LogP contribution in [0.1, 0.15) is 6.92 Å². The fourth-order valence-corrected chi connectivity index (χ4v) is 1.23. The van der Waals surface area contributed by atoms with Crippen LogP contribution in [-0.2, 0) is 4.74 Å². The first-order valence-electron chi connectivity index (χ1n) is 3.09. The highest BCUT2D eigenvalue weighted by molar-refractivity contribution is 7.99. The number of ether oxygens (including phenoxy) is 1. The molecule has 1 atom stereocenters. The van der Waals surface area contributed by atoms with Gasteiger partial charge < -0.3 is 10.5 Å². The highest BCUT2D eigenvalue weighted by atomic mass is 32.2. The topological polar surface area (TPSA) is 35.2 Å². The first-order valence-corrected chi connectivity index (χ1v) is 4.25. The number of nitrogens with two attached hydrogens (primary N) is 1. The van der Waals surface area contributed by atoms with Crippen molar-refractivity contribution in [2.45, 2.75) is 13.0 Å². The van der Waals surface area contributed by atoms with Crippen LogP contribution in [-0.4, -0.2) is 31.3 Å². The van der Waals surface area contributed by atoms with Crippen LogP contribution >= 0.6 is 11.8 Å². The van der Waals surface area contributed by atoms with Gasteiger partial charge in [-0.15, -0.1) is 0 Å². The standard InChI is InChI=1S/C6H15NOS/c1-6(7)5-9-4-3-8-2/h6H,3-5,7H2,1-2H3/t6-/m0/s1. The normalized spacial score (nSPS) is 13.7. The van der Waals surface area contributed by atoms with Gasteiger partial charge in [0.25, 0.3) is 0 Å². The molecule has 0 aromatic carbocycles. The minimum Gasteiger partial charge on any atom is -0.384 e. The van der Waals surface area contributed by atoms with Gasteiger partial charge in [0.1, 0.15) is 0 Å². The van der Waals surface area contributed by atoms with Gasteiger partial charge in [-0.2, -0.15) is 11.8 Å².